The van der Waals surface area contributed by atoms with Crippen molar-refractivity contribution in [3.63, 3.8) is 0 Å². The maximum absolute atomic E-state index is 4.12. The fraction of sp³-hybridized carbons (Fsp3) is 0.0833. The minimum atomic E-state index is 1.20. The Bertz CT molecular complexity index is 608. The highest BCUT2D eigenvalue weighted by molar-refractivity contribution is 5.96. The predicted octanol–water partition coefficient (Wildman–Crippen LogP) is 2.73. The maximum atomic E-state index is 4.12. The summed E-state index contributed by atoms with van der Waals surface area (Å²) in [7, 11) is 2.06. The normalized spacial score (nSPS) is 11.2. The van der Waals surface area contributed by atoms with Crippen LogP contribution in [0.1, 0.15) is 0 Å². The summed E-state index contributed by atoms with van der Waals surface area (Å²) >= 11 is 0. The zero-order chi connectivity index (χ0) is 9.54. The Balaban J connectivity index is 2.54. The van der Waals surface area contributed by atoms with Crippen LogP contribution in [-0.4, -0.2) is 9.55 Å². The zero-order valence-electron chi connectivity index (χ0n) is 7.94. The summed E-state index contributed by atoms with van der Waals surface area (Å²) in [5.74, 6) is 0. The number of aromatic nitrogens is 2. The van der Waals surface area contributed by atoms with Crippen molar-refractivity contribution in [3.05, 3.63) is 42.9 Å². The fourth-order valence-electron chi connectivity index (χ4n) is 1.85. The van der Waals surface area contributed by atoms with Gasteiger partial charge in [0.2, 0.25) is 0 Å². The van der Waals surface area contributed by atoms with Gasteiger partial charge in [0.25, 0.3) is 0 Å². The SMILES string of the molecule is Cn1ccc2cc3ccncc3cc21. The third kappa shape index (κ3) is 0.940. The van der Waals surface area contributed by atoms with E-state index in [0.717, 1.165) is 0 Å². The summed E-state index contributed by atoms with van der Waals surface area (Å²) in [6, 6.07) is 8.56. The fourth-order valence-corrected chi connectivity index (χ4v) is 1.85. The average molecular weight is 182 g/mol. The summed E-state index contributed by atoms with van der Waals surface area (Å²) < 4.78 is 2.13. The molecule has 0 atom stereocenters. The second kappa shape index (κ2) is 2.58. The zero-order valence-corrected chi connectivity index (χ0v) is 7.94. The number of nitrogens with zero attached hydrogens (tertiary/aromatic N) is 2. The van der Waals surface area contributed by atoms with E-state index < -0.39 is 0 Å². The quantitative estimate of drug-likeness (QED) is 0.522. The van der Waals surface area contributed by atoms with Crippen molar-refractivity contribution >= 4 is 21.7 Å². The van der Waals surface area contributed by atoms with Crippen molar-refractivity contribution in [2.45, 2.75) is 0 Å². The molecule has 3 rings (SSSR count). The van der Waals surface area contributed by atoms with Gasteiger partial charge in [0.15, 0.2) is 0 Å². The summed E-state index contributed by atoms with van der Waals surface area (Å²) in [6.07, 6.45) is 5.82. The van der Waals surface area contributed by atoms with Crippen LogP contribution < -0.4 is 0 Å². The van der Waals surface area contributed by atoms with Gasteiger partial charge in [0, 0.05) is 41.9 Å². The van der Waals surface area contributed by atoms with Crippen LogP contribution >= 0.6 is 0 Å². The van der Waals surface area contributed by atoms with Crippen LogP contribution in [0.4, 0.5) is 0 Å². The van der Waals surface area contributed by atoms with Gasteiger partial charge in [-0.3, -0.25) is 4.98 Å². The smallest absolute Gasteiger partial charge is 0.0484 e. The third-order valence-electron chi connectivity index (χ3n) is 2.64. The number of aryl methyl sites for hydroxylation is 1. The highest BCUT2D eigenvalue weighted by Gasteiger charge is 1.99. The average Bonchev–Trinajstić information content (AvgIpc) is 2.57. The van der Waals surface area contributed by atoms with E-state index in [2.05, 4.69) is 41.0 Å². The van der Waals surface area contributed by atoms with E-state index in [9.17, 15) is 0 Å². The minimum Gasteiger partial charge on any atom is -0.351 e. The van der Waals surface area contributed by atoms with Crippen LogP contribution in [0.2, 0.25) is 0 Å². The van der Waals surface area contributed by atoms with Gasteiger partial charge in [-0.05, 0) is 29.7 Å². The van der Waals surface area contributed by atoms with E-state index in [4.69, 9.17) is 0 Å². The lowest BCUT2D eigenvalue weighted by Crippen LogP contribution is -1.83. The van der Waals surface area contributed by atoms with E-state index in [-0.39, 0.29) is 0 Å². The first kappa shape index (κ1) is 7.56. The van der Waals surface area contributed by atoms with Crippen molar-refractivity contribution in [1.29, 1.82) is 0 Å². The molecule has 0 aliphatic rings. The summed E-state index contributed by atoms with van der Waals surface area (Å²) in [5, 5.41) is 3.73. The highest BCUT2D eigenvalue weighted by atomic mass is 14.9. The number of benzene rings is 1. The Labute approximate surface area is 81.8 Å². The van der Waals surface area contributed by atoms with Gasteiger partial charge in [-0.1, -0.05) is 0 Å². The number of pyridine rings is 1. The number of hydrogen-bond acceptors (Lipinski definition) is 1. The molecular weight excluding hydrogens is 172 g/mol. The van der Waals surface area contributed by atoms with Gasteiger partial charge >= 0.3 is 0 Å². The number of hydrogen-bond donors (Lipinski definition) is 0. The second-order valence-corrected chi connectivity index (χ2v) is 3.56. The van der Waals surface area contributed by atoms with E-state index in [0.29, 0.717) is 0 Å². The third-order valence-corrected chi connectivity index (χ3v) is 2.64. The number of rotatable bonds is 0. The lowest BCUT2D eigenvalue weighted by Gasteiger charge is -1.99. The molecule has 0 bridgehead atoms. The molecule has 3 aromatic rings. The molecule has 14 heavy (non-hydrogen) atoms. The summed E-state index contributed by atoms with van der Waals surface area (Å²) in [6.45, 7) is 0. The van der Waals surface area contributed by atoms with Crippen LogP contribution in [0.15, 0.2) is 42.9 Å². The molecule has 0 aliphatic heterocycles. The van der Waals surface area contributed by atoms with Crippen molar-refractivity contribution in [2.75, 3.05) is 0 Å². The lowest BCUT2D eigenvalue weighted by molar-refractivity contribution is 0.970. The standard InChI is InChI=1S/C12H10N2/c1-14-5-3-10-6-9-2-4-13-8-11(9)7-12(10)14/h2-8H,1H3. The molecule has 0 saturated carbocycles. The molecule has 0 spiro atoms. The molecule has 0 aliphatic carbocycles. The molecule has 0 fully saturated rings. The molecule has 0 amide bonds. The van der Waals surface area contributed by atoms with Gasteiger partial charge in [0.1, 0.15) is 0 Å². The Morgan fingerprint density at radius 3 is 2.93 bits per heavy atom. The Hall–Kier alpha value is -1.83. The molecule has 2 nitrogen and oxygen atoms in total. The molecule has 1 aromatic carbocycles. The van der Waals surface area contributed by atoms with Gasteiger partial charge in [-0.25, -0.2) is 0 Å². The van der Waals surface area contributed by atoms with Crippen LogP contribution in [-0.2, 0) is 7.05 Å². The second-order valence-electron chi connectivity index (χ2n) is 3.56. The first-order chi connectivity index (χ1) is 6.84. The predicted molar refractivity (Wildman–Crippen MR) is 58.2 cm³/mol. The molecule has 68 valence electrons. The van der Waals surface area contributed by atoms with Crippen molar-refractivity contribution < 1.29 is 0 Å². The Kier molecular flexibility index (Phi) is 1.39. The Morgan fingerprint density at radius 1 is 1.07 bits per heavy atom. The molecule has 2 heteroatoms. The number of fused-ring (bicyclic) bond motifs is 2. The monoisotopic (exact) mass is 182 g/mol. The van der Waals surface area contributed by atoms with Gasteiger partial charge in [-0.2, -0.15) is 0 Å². The highest BCUT2D eigenvalue weighted by Crippen LogP contribution is 2.22. The van der Waals surface area contributed by atoms with Crippen molar-refractivity contribution in [2.24, 2.45) is 7.05 Å². The van der Waals surface area contributed by atoms with E-state index in [1.807, 2.05) is 18.5 Å². The van der Waals surface area contributed by atoms with Crippen molar-refractivity contribution in [3.8, 4) is 0 Å². The molecule has 0 unspecified atom stereocenters. The molecular formula is C12H10N2. The van der Waals surface area contributed by atoms with E-state index in [1.54, 1.807) is 0 Å². The van der Waals surface area contributed by atoms with Gasteiger partial charge < -0.3 is 4.57 Å². The molecule has 2 aromatic heterocycles. The Morgan fingerprint density at radius 2 is 2.00 bits per heavy atom. The molecule has 0 saturated heterocycles. The van der Waals surface area contributed by atoms with E-state index in [1.165, 1.54) is 21.7 Å². The van der Waals surface area contributed by atoms with E-state index >= 15 is 0 Å². The maximum Gasteiger partial charge on any atom is 0.0484 e. The molecule has 0 radical (unpaired) electrons. The first-order valence-corrected chi connectivity index (χ1v) is 4.63. The van der Waals surface area contributed by atoms with Gasteiger partial charge in [0.05, 0.1) is 0 Å². The largest absolute Gasteiger partial charge is 0.351 e. The van der Waals surface area contributed by atoms with Crippen LogP contribution in [0.25, 0.3) is 21.7 Å². The van der Waals surface area contributed by atoms with Crippen LogP contribution in [0.3, 0.4) is 0 Å². The summed E-state index contributed by atoms with van der Waals surface area (Å²) in [5.41, 5.74) is 1.26. The lowest BCUT2D eigenvalue weighted by atomic mass is 10.1. The van der Waals surface area contributed by atoms with Crippen LogP contribution in [0.5, 0.6) is 0 Å². The molecule has 0 N–H and O–H groups in total. The van der Waals surface area contributed by atoms with Crippen LogP contribution in [0, 0.1) is 0 Å². The topological polar surface area (TPSA) is 17.8 Å². The van der Waals surface area contributed by atoms with Gasteiger partial charge in [-0.15, -0.1) is 0 Å². The summed E-state index contributed by atoms with van der Waals surface area (Å²) in [4.78, 5) is 4.12. The van der Waals surface area contributed by atoms with Crippen molar-refractivity contribution in [1.82, 2.24) is 9.55 Å². The first-order valence-electron chi connectivity index (χ1n) is 4.63. The minimum absolute atomic E-state index is 1.20. The molecule has 2 heterocycles.